The molecule has 0 amide bonds. The largest absolute Gasteiger partial charge is 0.476 e. The Hall–Kier alpha value is -2.56. The summed E-state index contributed by atoms with van der Waals surface area (Å²) >= 11 is 0. The van der Waals surface area contributed by atoms with Crippen LogP contribution < -0.4 is 0 Å². The number of hydrogen-bond donors (Lipinski definition) is 2. The number of hydrogen-bond acceptors (Lipinski definition) is 3. The van der Waals surface area contributed by atoms with Crippen LogP contribution in [0.3, 0.4) is 0 Å². The Balaban J connectivity index is 2.51. The van der Waals surface area contributed by atoms with Crippen molar-refractivity contribution in [3.63, 3.8) is 0 Å². The van der Waals surface area contributed by atoms with Crippen molar-refractivity contribution in [2.75, 3.05) is 0 Å². The number of aliphatic hydroxyl groups is 1. The molecular weight excluding hydrogens is 358 g/mol. The summed E-state index contributed by atoms with van der Waals surface area (Å²) in [5, 5.41) is 21.8. The van der Waals surface area contributed by atoms with Crippen LogP contribution in [0.4, 0.5) is 26.3 Å². The van der Waals surface area contributed by atoms with Gasteiger partial charge in [-0.1, -0.05) is 12.1 Å². The lowest BCUT2D eigenvalue weighted by atomic mass is 9.92. The van der Waals surface area contributed by atoms with Gasteiger partial charge in [0.15, 0.2) is 5.69 Å². The molecule has 0 bridgehead atoms. The third-order valence-electron chi connectivity index (χ3n) is 3.46. The second kappa shape index (κ2) is 5.76. The number of benzene rings is 1. The van der Waals surface area contributed by atoms with Crippen molar-refractivity contribution >= 4 is 5.97 Å². The molecule has 0 aliphatic rings. The predicted octanol–water partition coefficient (Wildman–Crippen LogP) is 3.19. The minimum absolute atomic E-state index is 0.0282. The fourth-order valence-corrected chi connectivity index (χ4v) is 2.17. The van der Waals surface area contributed by atoms with E-state index in [1.165, 1.54) is 13.0 Å². The Morgan fingerprint density at radius 1 is 1.04 bits per heavy atom. The minimum atomic E-state index is -5.98. The van der Waals surface area contributed by atoms with Gasteiger partial charge < -0.3 is 10.2 Å². The molecule has 0 saturated carbocycles. The zero-order chi connectivity index (χ0) is 19.2. The fourth-order valence-electron chi connectivity index (χ4n) is 2.17. The summed E-state index contributed by atoms with van der Waals surface area (Å²) in [5.41, 5.74) is -6.46. The lowest BCUT2D eigenvalue weighted by Gasteiger charge is -2.32. The van der Waals surface area contributed by atoms with Gasteiger partial charge >= 0.3 is 18.3 Å². The topological polar surface area (TPSA) is 75.3 Å². The van der Waals surface area contributed by atoms with Gasteiger partial charge in [-0.05, 0) is 25.1 Å². The molecule has 0 fully saturated rings. The van der Waals surface area contributed by atoms with E-state index >= 15 is 0 Å². The van der Waals surface area contributed by atoms with Crippen molar-refractivity contribution in [3.05, 3.63) is 47.3 Å². The lowest BCUT2D eigenvalue weighted by molar-refractivity contribution is -0.376. The number of carbonyl (C=O) groups is 1. The average molecular weight is 368 g/mol. The molecule has 0 radical (unpaired) electrons. The van der Waals surface area contributed by atoms with Crippen molar-refractivity contribution in [1.29, 1.82) is 0 Å². The summed E-state index contributed by atoms with van der Waals surface area (Å²) in [5.74, 6) is -1.35. The van der Waals surface area contributed by atoms with E-state index in [1.54, 1.807) is 0 Å². The Bertz CT molecular complexity index is 778. The van der Waals surface area contributed by atoms with Crippen LogP contribution in [0.2, 0.25) is 0 Å². The molecular formula is C14H10F6N2O3. The van der Waals surface area contributed by atoms with Crippen LogP contribution in [0, 0.1) is 6.92 Å². The first-order valence-corrected chi connectivity index (χ1v) is 6.55. The second-order valence-electron chi connectivity index (χ2n) is 5.14. The normalized spacial score (nSPS) is 13.1. The van der Waals surface area contributed by atoms with Crippen molar-refractivity contribution in [2.24, 2.45) is 0 Å². The van der Waals surface area contributed by atoms with E-state index in [0.29, 0.717) is 17.8 Å². The molecule has 1 heterocycles. The number of rotatable bonds is 3. The number of aromatic nitrogens is 2. The van der Waals surface area contributed by atoms with E-state index in [2.05, 4.69) is 5.10 Å². The molecule has 0 atom stereocenters. The van der Waals surface area contributed by atoms with E-state index < -0.39 is 29.5 Å². The van der Waals surface area contributed by atoms with E-state index in [-0.39, 0.29) is 11.4 Å². The predicted molar refractivity (Wildman–Crippen MR) is 71.3 cm³/mol. The third kappa shape index (κ3) is 3.06. The SMILES string of the molecule is Cc1cc(C(=O)O)nn1-c1ccc(C(O)(C(F)(F)F)C(F)(F)F)cc1. The van der Waals surface area contributed by atoms with E-state index in [1.807, 2.05) is 0 Å². The number of nitrogens with zero attached hydrogens (tertiary/aromatic N) is 2. The Morgan fingerprint density at radius 3 is 1.88 bits per heavy atom. The van der Waals surface area contributed by atoms with Crippen LogP contribution in [0.1, 0.15) is 21.7 Å². The standard InChI is InChI=1S/C14H10F6N2O3/c1-7-6-10(11(23)24)21-22(7)9-4-2-8(3-5-9)12(25,13(15,16)17)14(18,19)20/h2-6,25H,1H3,(H,23,24). The molecule has 2 rings (SSSR count). The van der Waals surface area contributed by atoms with Gasteiger partial charge in [0.2, 0.25) is 0 Å². The Morgan fingerprint density at radius 2 is 1.52 bits per heavy atom. The van der Waals surface area contributed by atoms with Gasteiger partial charge in [-0.25, -0.2) is 9.48 Å². The third-order valence-corrected chi connectivity index (χ3v) is 3.46. The molecule has 0 aliphatic heterocycles. The van der Waals surface area contributed by atoms with Crippen molar-refractivity contribution in [1.82, 2.24) is 9.78 Å². The van der Waals surface area contributed by atoms with Crippen LogP contribution in [0.15, 0.2) is 30.3 Å². The van der Waals surface area contributed by atoms with Crippen LogP contribution in [0.25, 0.3) is 5.69 Å². The Kier molecular flexibility index (Phi) is 4.32. The van der Waals surface area contributed by atoms with Gasteiger partial charge in [0.25, 0.3) is 5.60 Å². The fraction of sp³-hybridized carbons (Fsp3) is 0.286. The highest BCUT2D eigenvalue weighted by molar-refractivity contribution is 5.85. The maximum absolute atomic E-state index is 12.8. The van der Waals surface area contributed by atoms with Crippen molar-refractivity contribution in [3.8, 4) is 5.69 Å². The summed E-state index contributed by atoms with van der Waals surface area (Å²) in [6.07, 6.45) is -12.0. The first kappa shape index (κ1) is 18.8. The highest BCUT2D eigenvalue weighted by Crippen LogP contribution is 2.50. The molecule has 11 heteroatoms. The molecule has 0 spiro atoms. The molecule has 0 unspecified atom stereocenters. The minimum Gasteiger partial charge on any atom is -0.476 e. The average Bonchev–Trinajstić information content (AvgIpc) is 2.86. The molecule has 25 heavy (non-hydrogen) atoms. The van der Waals surface area contributed by atoms with Crippen molar-refractivity contribution < 1.29 is 41.4 Å². The highest BCUT2D eigenvalue weighted by Gasteiger charge is 2.71. The van der Waals surface area contributed by atoms with Gasteiger partial charge in [0, 0.05) is 11.3 Å². The maximum Gasteiger partial charge on any atom is 0.430 e. The molecule has 0 aliphatic carbocycles. The van der Waals surface area contributed by atoms with Gasteiger partial charge in [0.05, 0.1) is 5.69 Å². The van der Waals surface area contributed by atoms with Crippen LogP contribution >= 0.6 is 0 Å². The summed E-state index contributed by atoms with van der Waals surface area (Å²) in [4.78, 5) is 10.8. The van der Waals surface area contributed by atoms with E-state index in [4.69, 9.17) is 5.11 Å². The number of aryl methyl sites for hydroxylation is 1. The molecule has 5 nitrogen and oxygen atoms in total. The highest BCUT2D eigenvalue weighted by atomic mass is 19.4. The maximum atomic E-state index is 12.8. The molecule has 136 valence electrons. The summed E-state index contributed by atoms with van der Waals surface area (Å²) in [6.45, 7) is 1.45. The van der Waals surface area contributed by atoms with Crippen LogP contribution in [0.5, 0.6) is 0 Å². The van der Waals surface area contributed by atoms with E-state index in [9.17, 15) is 36.2 Å². The molecule has 2 aromatic rings. The zero-order valence-corrected chi connectivity index (χ0v) is 12.4. The van der Waals surface area contributed by atoms with Gasteiger partial charge in [-0.3, -0.25) is 0 Å². The van der Waals surface area contributed by atoms with Gasteiger partial charge in [-0.2, -0.15) is 31.4 Å². The second-order valence-corrected chi connectivity index (χ2v) is 5.14. The number of aromatic carboxylic acids is 1. The van der Waals surface area contributed by atoms with Gasteiger partial charge in [-0.15, -0.1) is 0 Å². The first-order valence-electron chi connectivity index (χ1n) is 6.55. The number of carboxylic acid groups (broad SMARTS) is 1. The van der Waals surface area contributed by atoms with E-state index in [0.717, 1.165) is 16.8 Å². The number of alkyl halides is 6. The summed E-state index contributed by atoms with van der Waals surface area (Å²) in [6, 6.07) is 3.82. The zero-order valence-electron chi connectivity index (χ0n) is 12.4. The van der Waals surface area contributed by atoms with Crippen molar-refractivity contribution in [2.45, 2.75) is 24.9 Å². The number of carboxylic acids is 1. The van der Waals surface area contributed by atoms with Gasteiger partial charge in [0.1, 0.15) is 0 Å². The first-order chi connectivity index (χ1) is 11.3. The Labute approximate surface area is 136 Å². The molecule has 1 aromatic carbocycles. The lowest BCUT2D eigenvalue weighted by Crippen LogP contribution is -2.53. The monoisotopic (exact) mass is 368 g/mol. The molecule has 0 saturated heterocycles. The van der Waals surface area contributed by atoms with Crippen LogP contribution in [-0.2, 0) is 5.60 Å². The number of halogens is 6. The molecule has 2 N–H and O–H groups in total. The summed E-state index contributed by atoms with van der Waals surface area (Å²) < 4.78 is 77.9. The smallest absolute Gasteiger partial charge is 0.430 e. The quantitative estimate of drug-likeness (QED) is 0.816. The molecule has 1 aromatic heterocycles. The summed E-state index contributed by atoms with van der Waals surface area (Å²) in [7, 11) is 0. The van der Waals surface area contributed by atoms with Crippen LogP contribution in [-0.4, -0.2) is 38.3 Å².